The number of halogens is 1. The zero-order chi connectivity index (χ0) is 8.55. The Balaban J connectivity index is 2.27. The molecule has 0 spiro atoms. The molecule has 1 aromatic rings. The van der Waals surface area contributed by atoms with Crippen molar-refractivity contribution < 1.29 is 9.63 Å². The predicted molar refractivity (Wildman–Crippen MR) is 49.3 cm³/mol. The molecule has 1 aromatic heterocycles. The molecule has 0 N–H and O–H groups in total. The number of thiophene rings is 1. The zero-order valence-corrected chi connectivity index (χ0v) is 8.31. The van der Waals surface area contributed by atoms with Gasteiger partial charge in [-0.3, -0.25) is 0 Å². The molecule has 0 aromatic carbocycles. The molecule has 2 heterocycles. The lowest BCUT2D eigenvalue weighted by atomic mass is 10.2. The van der Waals surface area contributed by atoms with E-state index in [1.807, 2.05) is 11.4 Å². The van der Waals surface area contributed by atoms with E-state index < -0.39 is 0 Å². The van der Waals surface area contributed by atoms with Crippen molar-refractivity contribution in [2.24, 2.45) is 5.16 Å². The van der Waals surface area contributed by atoms with Crippen LogP contribution < -0.4 is 0 Å². The zero-order valence-electron chi connectivity index (χ0n) is 5.91. The maximum Gasteiger partial charge on any atom is 0.341 e. The maximum atomic E-state index is 10.7. The fourth-order valence-electron chi connectivity index (χ4n) is 0.904. The van der Waals surface area contributed by atoms with Gasteiger partial charge in [-0.25, -0.2) is 4.79 Å². The fourth-order valence-corrected chi connectivity index (χ4v) is 2.31. The van der Waals surface area contributed by atoms with Crippen LogP contribution in [0.4, 0.5) is 0 Å². The number of oxime groups is 1. The van der Waals surface area contributed by atoms with Gasteiger partial charge in [-0.1, -0.05) is 5.16 Å². The molecule has 0 bridgehead atoms. The topological polar surface area (TPSA) is 38.7 Å². The van der Waals surface area contributed by atoms with Gasteiger partial charge in [-0.05, 0) is 22.0 Å². The molecule has 5 heteroatoms. The average molecular weight is 246 g/mol. The lowest BCUT2D eigenvalue weighted by molar-refractivity contribution is -0.140. The second-order valence-corrected chi connectivity index (χ2v) is 4.13. The fraction of sp³-hybridized carbons (Fsp3) is 0.143. The van der Waals surface area contributed by atoms with E-state index in [4.69, 9.17) is 0 Å². The summed E-state index contributed by atoms with van der Waals surface area (Å²) in [4.78, 5) is 16.1. The smallest absolute Gasteiger partial charge is 0.318 e. The second kappa shape index (κ2) is 2.99. The van der Waals surface area contributed by atoms with Gasteiger partial charge in [0, 0.05) is 9.85 Å². The van der Waals surface area contributed by atoms with Crippen molar-refractivity contribution in [1.29, 1.82) is 0 Å². The average Bonchev–Trinajstić information content (AvgIpc) is 2.58. The van der Waals surface area contributed by atoms with Gasteiger partial charge in [0.1, 0.15) is 5.71 Å². The maximum absolute atomic E-state index is 10.7. The van der Waals surface area contributed by atoms with Crippen molar-refractivity contribution in [2.45, 2.75) is 6.42 Å². The number of carbonyl (C=O) groups excluding carboxylic acids is 1. The van der Waals surface area contributed by atoms with Crippen molar-refractivity contribution >= 4 is 38.9 Å². The minimum atomic E-state index is -0.283. The standard InChI is InChI=1S/C7H4BrNO2S/c8-4-1-6(12-3-4)5-2-7(10)11-9-5/h1,3H,2H2. The first-order valence-electron chi connectivity index (χ1n) is 3.27. The Labute approximate surface area is 81.2 Å². The molecular weight excluding hydrogens is 242 g/mol. The van der Waals surface area contributed by atoms with Gasteiger partial charge in [0.2, 0.25) is 0 Å². The first-order valence-corrected chi connectivity index (χ1v) is 4.94. The van der Waals surface area contributed by atoms with Crippen LogP contribution in [0.15, 0.2) is 21.1 Å². The highest BCUT2D eigenvalue weighted by Crippen LogP contribution is 2.23. The molecule has 0 aliphatic carbocycles. The van der Waals surface area contributed by atoms with Crippen LogP contribution in [-0.4, -0.2) is 11.7 Å². The summed E-state index contributed by atoms with van der Waals surface area (Å²) in [5.74, 6) is -0.283. The van der Waals surface area contributed by atoms with E-state index in [-0.39, 0.29) is 12.4 Å². The van der Waals surface area contributed by atoms with Crippen molar-refractivity contribution in [3.8, 4) is 0 Å². The Morgan fingerprint density at radius 1 is 1.67 bits per heavy atom. The highest BCUT2D eigenvalue weighted by Gasteiger charge is 2.19. The summed E-state index contributed by atoms with van der Waals surface area (Å²) in [5, 5.41) is 5.60. The Morgan fingerprint density at radius 3 is 3.00 bits per heavy atom. The Kier molecular flexibility index (Phi) is 1.98. The third-order valence-electron chi connectivity index (χ3n) is 1.42. The van der Waals surface area contributed by atoms with Crippen LogP contribution in [0.2, 0.25) is 0 Å². The van der Waals surface area contributed by atoms with Gasteiger partial charge >= 0.3 is 5.97 Å². The molecule has 0 atom stereocenters. The molecule has 1 aliphatic rings. The summed E-state index contributed by atoms with van der Waals surface area (Å²) in [7, 11) is 0. The highest BCUT2D eigenvalue weighted by molar-refractivity contribution is 9.10. The van der Waals surface area contributed by atoms with Crippen LogP contribution in [0, 0.1) is 0 Å². The molecule has 0 radical (unpaired) electrons. The van der Waals surface area contributed by atoms with E-state index >= 15 is 0 Å². The number of hydrogen-bond donors (Lipinski definition) is 0. The second-order valence-electron chi connectivity index (χ2n) is 2.31. The van der Waals surface area contributed by atoms with Gasteiger partial charge < -0.3 is 4.84 Å². The minimum Gasteiger partial charge on any atom is -0.318 e. The van der Waals surface area contributed by atoms with E-state index in [1.165, 1.54) is 11.3 Å². The van der Waals surface area contributed by atoms with E-state index in [0.29, 0.717) is 0 Å². The molecule has 62 valence electrons. The monoisotopic (exact) mass is 245 g/mol. The van der Waals surface area contributed by atoms with Crippen molar-refractivity contribution in [2.75, 3.05) is 0 Å². The molecule has 0 fully saturated rings. The van der Waals surface area contributed by atoms with Crippen LogP contribution in [0.5, 0.6) is 0 Å². The molecule has 0 saturated heterocycles. The lowest BCUT2D eigenvalue weighted by Crippen LogP contribution is -1.97. The van der Waals surface area contributed by atoms with Gasteiger partial charge in [0.05, 0.1) is 11.3 Å². The summed E-state index contributed by atoms with van der Waals surface area (Å²) < 4.78 is 1.00. The van der Waals surface area contributed by atoms with E-state index in [2.05, 4.69) is 25.9 Å². The molecule has 0 amide bonds. The number of carbonyl (C=O) groups is 1. The van der Waals surface area contributed by atoms with E-state index in [9.17, 15) is 4.79 Å². The Morgan fingerprint density at radius 2 is 2.50 bits per heavy atom. The molecule has 0 saturated carbocycles. The normalized spacial score (nSPS) is 16.1. The predicted octanol–water partition coefficient (Wildman–Crippen LogP) is 2.16. The van der Waals surface area contributed by atoms with Crippen molar-refractivity contribution in [1.82, 2.24) is 0 Å². The lowest BCUT2D eigenvalue weighted by Gasteiger charge is -1.86. The summed E-state index contributed by atoms with van der Waals surface area (Å²) >= 11 is 4.86. The van der Waals surface area contributed by atoms with Crippen LogP contribution in [0.25, 0.3) is 0 Å². The molecule has 0 unspecified atom stereocenters. The summed E-state index contributed by atoms with van der Waals surface area (Å²) in [6, 6.07) is 1.92. The van der Waals surface area contributed by atoms with Crippen molar-refractivity contribution in [3.63, 3.8) is 0 Å². The number of hydrogen-bond acceptors (Lipinski definition) is 4. The van der Waals surface area contributed by atoms with Crippen LogP contribution >= 0.6 is 27.3 Å². The quantitative estimate of drug-likeness (QED) is 0.712. The Bertz CT molecular complexity index is 358. The third kappa shape index (κ3) is 1.42. The van der Waals surface area contributed by atoms with Gasteiger partial charge in [-0.2, -0.15) is 0 Å². The summed E-state index contributed by atoms with van der Waals surface area (Å²) in [6.45, 7) is 0. The van der Waals surface area contributed by atoms with Gasteiger partial charge in [-0.15, -0.1) is 11.3 Å². The van der Waals surface area contributed by atoms with Gasteiger partial charge in [0.25, 0.3) is 0 Å². The molecule has 3 nitrogen and oxygen atoms in total. The third-order valence-corrected chi connectivity index (χ3v) is 3.16. The highest BCUT2D eigenvalue weighted by atomic mass is 79.9. The summed E-state index contributed by atoms with van der Waals surface area (Å²) in [6.07, 6.45) is 0.285. The van der Waals surface area contributed by atoms with E-state index in [0.717, 1.165) is 15.1 Å². The number of nitrogens with zero attached hydrogens (tertiary/aromatic N) is 1. The Hall–Kier alpha value is -0.680. The molecule has 1 aliphatic heterocycles. The van der Waals surface area contributed by atoms with Crippen molar-refractivity contribution in [3.05, 3.63) is 20.8 Å². The molecule has 2 rings (SSSR count). The van der Waals surface area contributed by atoms with Crippen LogP contribution in [-0.2, 0) is 9.63 Å². The van der Waals surface area contributed by atoms with E-state index in [1.54, 1.807) is 0 Å². The summed E-state index contributed by atoms with van der Waals surface area (Å²) in [5.41, 5.74) is 0.718. The molecule has 12 heavy (non-hydrogen) atoms. The minimum absolute atomic E-state index is 0.283. The van der Waals surface area contributed by atoms with Crippen LogP contribution in [0.1, 0.15) is 11.3 Å². The largest absolute Gasteiger partial charge is 0.341 e. The number of rotatable bonds is 1. The SMILES string of the molecule is O=C1CC(c2cc(Br)cs2)=NO1. The first kappa shape index (κ1) is 7.94. The molecular formula is C7H4BrNO2S. The van der Waals surface area contributed by atoms with Gasteiger partial charge in [0.15, 0.2) is 0 Å². The van der Waals surface area contributed by atoms with Crippen LogP contribution in [0.3, 0.4) is 0 Å². The first-order chi connectivity index (χ1) is 5.75.